The van der Waals surface area contributed by atoms with Crippen molar-refractivity contribution in [1.82, 2.24) is 14.0 Å². The zero-order valence-corrected chi connectivity index (χ0v) is 13.0. The molecule has 0 saturated carbocycles. The van der Waals surface area contributed by atoms with Crippen molar-refractivity contribution in [3.05, 3.63) is 32.6 Å². The molecule has 114 valence electrons. The Morgan fingerprint density at radius 1 is 1.30 bits per heavy atom. The van der Waals surface area contributed by atoms with Crippen molar-refractivity contribution in [2.75, 3.05) is 20.3 Å². The minimum atomic E-state index is -0.289. The Balaban J connectivity index is 3.05. The van der Waals surface area contributed by atoms with E-state index in [4.69, 9.17) is 4.74 Å². The molecule has 1 heterocycles. The Bertz CT molecular complexity index is 548. The fourth-order valence-corrected chi connectivity index (χ4v) is 2.06. The Labute approximate surface area is 119 Å². The molecule has 0 spiro atoms. The van der Waals surface area contributed by atoms with Crippen molar-refractivity contribution < 1.29 is 4.74 Å². The van der Waals surface area contributed by atoms with Gasteiger partial charge in [0.1, 0.15) is 0 Å². The Morgan fingerprint density at radius 2 is 1.95 bits per heavy atom. The average Bonchev–Trinajstić information content (AvgIpc) is 2.45. The molecule has 1 aromatic rings. The first-order chi connectivity index (χ1) is 9.42. The van der Waals surface area contributed by atoms with Crippen LogP contribution < -0.4 is 11.2 Å². The zero-order chi connectivity index (χ0) is 15.3. The quantitative estimate of drug-likeness (QED) is 0.724. The van der Waals surface area contributed by atoms with Crippen LogP contribution in [0.25, 0.3) is 0 Å². The van der Waals surface area contributed by atoms with Gasteiger partial charge in [-0.3, -0.25) is 18.8 Å². The number of ether oxygens (including phenoxy) is 1. The summed E-state index contributed by atoms with van der Waals surface area (Å²) < 4.78 is 7.77. The maximum Gasteiger partial charge on any atom is 0.330 e. The summed E-state index contributed by atoms with van der Waals surface area (Å²) in [5.74, 6) is 0. The number of methoxy groups -OCH3 is 1. The predicted molar refractivity (Wildman–Crippen MR) is 79.0 cm³/mol. The van der Waals surface area contributed by atoms with Crippen LogP contribution in [0.15, 0.2) is 15.7 Å². The highest BCUT2D eigenvalue weighted by Crippen LogP contribution is 2.08. The minimum Gasteiger partial charge on any atom is -0.383 e. The van der Waals surface area contributed by atoms with Crippen molar-refractivity contribution in [2.24, 2.45) is 14.1 Å². The van der Waals surface area contributed by atoms with Crippen LogP contribution in [0.1, 0.15) is 26.0 Å². The maximum atomic E-state index is 11.9. The van der Waals surface area contributed by atoms with Gasteiger partial charge < -0.3 is 4.74 Å². The molecule has 0 saturated heterocycles. The lowest BCUT2D eigenvalue weighted by atomic mass is 10.2. The molecule has 0 bridgehead atoms. The van der Waals surface area contributed by atoms with Gasteiger partial charge in [0.25, 0.3) is 5.56 Å². The van der Waals surface area contributed by atoms with E-state index in [0.29, 0.717) is 19.2 Å². The highest BCUT2D eigenvalue weighted by atomic mass is 16.5. The molecule has 6 nitrogen and oxygen atoms in total. The van der Waals surface area contributed by atoms with Gasteiger partial charge in [0, 0.05) is 52.1 Å². The van der Waals surface area contributed by atoms with Gasteiger partial charge in [0.2, 0.25) is 0 Å². The number of aromatic nitrogens is 2. The standard InChI is InChI=1S/C14H25N3O3/c1-6-11(2)17(7-8-20-5)10-12-9-13(18)16(4)14(19)15(12)3/h9,11H,6-8,10H2,1-5H3/t11-/m1/s1. The topological polar surface area (TPSA) is 56.5 Å². The first-order valence-electron chi connectivity index (χ1n) is 6.91. The van der Waals surface area contributed by atoms with E-state index in [9.17, 15) is 9.59 Å². The largest absolute Gasteiger partial charge is 0.383 e. The summed E-state index contributed by atoms with van der Waals surface area (Å²) in [5, 5.41) is 0. The summed E-state index contributed by atoms with van der Waals surface area (Å²) in [7, 11) is 4.86. The van der Waals surface area contributed by atoms with Gasteiger partial charge in [-0.15, -0.1) is 0 Å². The smallest absolute Gasteiger partial charge is 0.330 e. The van der Waals surface area contributed by atoms with Gasteiger partial charge in [-0.25, -0.2) is 4.79 Å². The van der Waals surface area contributed by atoms with Gasteiger partial charge >= 0.3 is 5.69 Å². The van der Waals surface area contributed by atoms with Crippen LogP contribution >= 0.6 is 0 Å². The van der Waals surface area contributed by atoms with Crippen LogP contribution in [0.3, 0.4) is 0 Å². The molecule has 20 heavy (non-hydrogen) atoms. The molecular formula is C14H25N3O3. The third-order valence-corrected chi connectivity index (χ3v) is 3.79. The maximum absolute atomic E-state index is 11.9. The Hall–Kier alpha value is -1.40. The van der Waals surface area contributed by atoms with E-state index in [0.717, 1.165) is 23.2 Å². The van der Waals surface area contributed by atoms with Crippen LogP contribution in [-0.2, 0) is 25.4 Å². The lowest BCUT2D eigenvalue weighted by Gasteiger charge is -2.28. The molecule has 6 heteroatoms. The third-order valence-electron chi connectivity index (χ3n) is 3.79. The first kappa shape index (κ1) is 16.7. The molecule has 0 radical (unpaired) electrons. The Kier molecular flexibility index (Phi) is 6.16. The summed E-state index contributed by atoms with van der Waals surface area (Å²) in [6.45, 7) is 6.22. The fourth-order valence-electron chi connectivity index (χ4n) is 2.06. The van der Waals surface area contributed by atoms with E-state index in [1.807, 2.05) is 0 Å². The number of hydrogen-bond donors (Lipinski definition) is 0. The first-order valence-corrected chi connectivity index (χ1v) is 6.91. The molecule has 0 aromatic carbocycles. The van der Waals surface area contributed by atoms with E-state index in [1.165, 1.54) is 17.7 Å². The fraction of sp³-hybridized carbons (Fsp3) is 0.714. The zero-order valence-electron chi connectivity index (χ0n) is 13.0. The average molecular weight is 283 g/mol. The van der Waals surface area contributed by atoms with Crippen molar-refractivity contribution in [1.29, 1.82) is 0 Å². The predicted octanol–water partition coefficient (Wildman–Crippen LogP) is 0.331. The molecule has 1 aromatic heterocycles. The van der Waals surface area contributed by atoms with Gasteiger partial charge in [-0.05, 0) is 13.3 Å². The van der Waals surface area contributed by atoms with E-state index >= 15 is 0 Å². The van der Waals surface area contributed by atoms with E-state index in [-0.39, 0.29) is 11.2 Å². The monoisotopic (exact) mass is 283 g/mol. The molecule has 1 rings (SSSR count). The second-order valence-corrected chi connectivity index (χ2v) is 5.10. The van der Waals surface area contributed by atoms with Crippen LogP contribution in [0.2, 0.25) is 0 Å². The lowest BCUT2D eigenvalue weighted by molar-refractivity contribution is 0.116. The second-order valence-electron chi connectivity index (χ2n) is 5.10. The molecular weight excluding hydrogens is 258 g/mol. The molecule has 0 aliphatic carbocycles. The lowest BCUT2D eigenvalue weighted by Crippen LogP contribution is -2.41. The van der Waals surface area contributed by atoms with Crippen LogP contribution in [0.4, 0.5) is 0 Å². The van der Waals surface area contributed by atoms with E-state index in [2.05, 4.69) is 18.7 Å². The third kappa shape index (κ3) is 3.80. The van der Waals surface area contributed by atoms with Crippen LogP contribution in [0, 0.1) is 0 Å². The molecule has 0 amide bonds. The summed E-state index contributed by atoms with van der Waals surface area (Å²) in [4.78, 5) is 25.9. The van der Waals surface area contributed by atoms with Crippen LogP contribution in [0.5, 0.6) is 0 Å². The Morgan fingerprint density at radius 3 is 2.50 bits per heavy atom. The van der Waals surface area contributed by atoms with Gasteiger partial charge in [0.15, 0.2) is 0 Å². The number of hydrogen-bond acceptors (Lipinski definition) is 4. The highest BCUT2D eigenvalue weighted by molar-refractivity contribution is 5.02. The number of rotatable bonds is 7. The molecule has 0 aliphatic heterocycles. The summed E-state index contributed by atoms with van der Waals surface area (Å²) in [5.41, 5.74) is 0.178. The van der Waals surface area contributed by atoms with Crippen molar-refractivity contribution in [3.8, 4) is 0 Å². The highest BCUT2D eigenvalue weighted by Gasteiger charge is 2.15. The summed E-state index contributed by atoms with van der Waals surface area (Å²) in [6.07, 6.45) is 1.00. The second kappa shape index (κ2) is 7.40. The van der Waals surface area contributed by atoms with Crippen molar-refractivity contribution >= 4 is 0 Å². The van der Waals surface area contributed by atoms with E-state index in [1.54, 1.807) is 14.2 Å². The molecule has 1 atom stereocenters. The molecule has 0 N–H and O–H groups in total. The van der Waals surface area contributed by atoms with Crippen molar-refractivity contribution in [2.45, 2.75) is 32.9 Å². The number of nitrogens with zero attached hydrogens (tertiary/aromatic N) is 3. The minimum absolute atomic E-state index is 0.265. The summed E-state index contributed by atoms with van der Waals surface area (Å²) in [6, 6.07) is 1.90. The molecule has 0 aliphatic rings. The SMILES string of the molecule is CC[C@@H](C)N(CCOC)Cc1cc(=O)n(C)c(=O)n1C. The molecule has 0 fully saturated rings. The summed E-state index contributed by atoms with van der Waals surface area (Å²) >= 11 is 0. The van der Waals surface area contributed by atoms with Crippen LogP contribution in [-0.4, -0.2) is 40.3 Å². The molecule has 0 unspecified atom stereocenters. The van der Waals surface area contributed by atoms with Gasteiger partial charge in [0.05, 0.1) is 6.61 Å². The van der Waals surface area contributed by atoms with E-state index < -0.39 is 0 Å². The van der Waals surface area contributed by atoms with Crippen molar-refractivity contribution in [3.63, 3.8) is 0 Å². The normalized spacial score (nSPS) is 12.9. The van der Waals surface area contributed by atoms with Gasteiger partial charge in [-0.1, -0.05) is 6.92 Å². The van der Waals surface area contributed by atoms with Gasteiger partial charge in [-0.2, -0.15) is 0 Å².